The molecule has 0 saturated carbocycles. The SMILES string of the molecule is C/C(=C/C(C)O)c1ccc(F)cn1. The number of aliphatic hydroxyl groups excluding tert-OH is 1. The summed E-state index contributed by atoms with van der Waals surface area (Å²) in [6.45, 7) is 3.49. The van der Waals surface area contributed by atoms with Crippen LogP contribution in [0.15, 0.2) is 24.4 Å². The van der Waals surface area contributed by atoms with Gasteiger partial charge < -0.3 is 5.11 Å². The lowest BCUT2D eigenvalue weighted by Gasteiger charge is -2.01. The summed E-state index contributed by atoms with van der Waals surface area (Å²) < 4.78 is 12.5. The maximum Gasteiger partial charge on any atom is 0.141 e. The number of allylic oxidation sites excluding steroid dienone is 1. The van der Waals surface area contributed by atoms with Gasteiger partial charge in [0.1, 0.15) is 5.82 Å². The largest absolute Gasteiger partial charge is 0.389 e. The molecule has 0 bridgehead atoms. The molecule has 70 valence electrons. The van der Waals surface area contributed by atoms with E-state index in [1.807, 2.05) is 6.92 Å². The van der Waals surface area contributed by atoms with E-state index < -0.39 is 6.10 Å². The van der Waals surface area contributed by atoms with Gasteiger partial charge >= 0.3 is 0 Å². The monoisotopic (exact) mass is 181 g/mol. The number of aromatic nitrogens is 1. The van der Waals surface area contributed by atoms with Crippen molar-refractivity contribution >= 4 is 5.57 Å². The van der Waals surface area contributed by atoms with Gasteiger partial charge in [0.15, 0.2) is 0 Å². The molecule has 0 aliphatic rings. The number of aliphatic hydroxyl groups is 1. The molecule has 0 aliphatic heterocycles. The second kappa shape index (κ2) is 4.14. The molecule has 3 heteroatoms. The Kier molecular flexibility index (Phi) is 3.14. The molecule has 0 amide bonds. The Bertz CT molecular complexity index is 303. The van der Waals surface area contributed by atoms with E-state index in [2.05, 4.69) is 4.98 Å². The van der Waals surface area contributed by atoms with Crippen LogP contribution in [-0.4, -0.2) is 16.2 Å². The molecule has 13 heavy (non-hydrogen) atoms. The number of hydrogen-bond donors (Lipinski definition) is 1. The molecule has 0 spiro atoms. The van der Waals surface area contributed by atoms with Crippen LogP contribution in [0.1, 0.15) is 19.5 Å². The van der Waals surface area contributed by atoms with Crippen molar-refractivity contribution in [3.63, 3.8) is 0 Å². The second-order valence-electron chi connectivity index (χ2n) is 2.95. The fraction of sp³-hybridized carbons (Fsp3) is 0.300. The van der Waals surface area contributed by atoms with Crippen LogP contribution in [0.5, 0.6) is 0 Å². The van der Waals surface area contributed by atoms with Gasteiger partial charge in [0.2, 0.25) is 0 Å². The van der Waals surface area contributed by atoms with Gasteiger partial charge in [0.05, 0.1) is 18.0 Å². The molecule has 0 radical (unpaired) electrons. The smallest absolute Gasteiger partial charge is 0.141 e. The highest BCUT2D eigenvalue weighted by atomic mass is 19.1. The van der Waals surface area contributed by atoms with Crippen LogP contribution >= 0.6 is 0 Å². The van der Waals surface area contributed by atoms with Crippen LogP contribution in [0.2, 0.25) is 0 Å². The van der Waals surface area contributed by atoms with Crippen molar-refractivity contribution < 1.29 is 9.50 Å². The highest BCUT2D eigenvalue weighted by Gasteiger charge is 1.98. The van der Waals surface area contributed by atoms with Gasteiger partial charge in [-0.25, -0.2) is 4.39 Å². The molecular weight excluding hydrogens is 169 g/mol. The predicted octanol–water partition coefficient (Wildman–Crippen LogP) is 2.00. The van der Waals surface area contributed by atoms with Crippen LogP contribution in [0.25, 0.3) is 5.57 Å². The highest BCUT2D eigenvalue weighted by molar-refractivity contribution is 5.60. The zero-order valence-corrected chi connectivity index (χ0v) is 7.66. The Morgan fingerprint density at radius 2 is 2.31 bits per heavy atom. The highest BCUT2D eigenvalue weighted by Crippen LogP contribution is 2.11. The van der Waals surface area contributed by atoms with E-state index >= 15 is 0 Å². The molecule has 0 aromatic carbocycles. The Balaban J connectivity index is 2.89. The van der Waals surface area contributed by atoms with Crippen molar-refractivity contribution in [3.05, 3.63) is 35.9 Å². The quantitative estimate of drug-likeness (QED) is 0.757. The molecule has 1 unspecified atom stereocenters. The average molecular weight is 181 g/mol. The van der Waals surface area contributed by atoms with Crippen LogP contribution < -0.4 is 0 Å². The predicted molar refractivity (Wildman–Crippen MR) is 49.5 cm³/mol. The third kappa shape index (κ3) is 2.95. The van der Waals surface area contributed by atoms with Gasteiger partial charge in [0, 0.05) is 0 Å². The summed E-state index contributed by atoms with van der Waals surface area (Å²) in [5.74, 6) is -0.353. The van der Waals surface area contributed by atoms with Gasteiger partial charge in [-0.2, -0.15) is 0 Å². The summed E-state index contributed by atoms with van der Waals surface area (Å²) in [6.07, 6.45) is 2.32. The first-order valence-electron chi connectivity index (χ1n) is 4.08. The van der Waals surface area contributed by atoms with E-state index in [0.717, 1.165) is 11.8 Å². The van der Waals surface area contributed by atoms with Crippen molar-refractivity contribution in [1.82, 2.24) is 4.98 Å². The van der Waals surface area contributed by atoms with Crippen molar-refractivity contribution in [2.75, 3.05) is 0 Å². The number of hydrogen-bond acceptors (Lipinski definition) is 2. The number of halogens is 1. The average Bonchev–Trinajstić information content (AvgIpc) is 2.04. The summed E-state index contributed by atoms with van der Waals surface area (Å²) >= 11 is 0. The summed E-state index contributed by atoms with van der Waals surface area (Å²) in [5.41, 5.74) is 1.53. The van der Waals surface area contributed by atoms with E-state index in [4.69, 9.17) is 5.11 Å². The zero-order valence-electron chi connectivity index (χ0n) is 7.66. The first-order chi connectivity index (χ1) is 6.09. The summed E-state index contributed by atoms with van der Waals surface area (Å²) in [5, 5.41) is 9.06. The van der Waals surface area contributed by atoms with Gasteiger partial charge in [-0.1, -0.05) is 6.08 Å². The molecule has 1 N–H and O–H groups in total. The van der Waals surface area contributed by atoms with E-state index in [-0.39, 0.29) is 5.82 Å². The molecule has 1 heterocycles. The lowest BCUT2D eigenvalue weighted by molar-refractivity contribution is 0.244. The molecule has 2 nitrogen and oxygen atoms in total. The van der Waals surface area contributed by atoms with E-state index in [0.29, 0.717) is 5.69 Å². The normalized spacial score (nSPS) is 14.3. The topological polar surface area (TPSA) is 33.1 Å². The van der Waals surface area contributed by atoms with Crippen molar-refractivity contribution in [2.45, 2.75) is 20.0 Å². The minimum atomic E-state index is -0.508. The molecule has 1 rings (SSSR count). The Morgan fingerprint density at radius 1 is 1.62 bits per heavy atom. The number of pyridine rings is 1. The third-order valence-corrected chi connectivity index (χ3v) is 1.62. The fourth-order valence-electron chi connectivity index (χ4n) is 1.06. The van der Waals surface area contributed by atoms with E-state index in [1.165, 1.54) is 6.07 Å². The van der Waals surface area contributed by atoms with E-state index in [9.17, 15) is 4.39 Å². The van der Waals surface area contributed by atoms with E-state index in [1.54, 1.807) is 19.1 Å². The molecular formula is C10H12FNO. The van der Waals surface area contributed by atoms with Gasteiger partial charge in [-0.3, -0.25) is 4.98 Å². The maximum atomic E-state index is 12.5. The van der Waals surface area contributed by atoms with Crippen molar-refractivity contribution in [1.29, 1.82) is 0 Å². The lowest BCUT2D eigenvalue weighted by Crippen LogP contribution is -1.95. The van der Waals surface area contributed by atoms with Crippen molar-refractivity contribution in [3.8, 4) is 0 Å². The minimum absolute atomic E-state index is 0.353. The van der Waals surface area contributed by atoms with Crippen molar-refractivity contribution in [2.24, 2.45) is 0 Å². The molecule has 1 aromatic rings. The zero-order chi connectivity index (χ0) is 9.84. The third-order valence-electron chi connectivity index (χ3n) is 1.62. The van der Waals surface area contributed by atoms with Gasteiger partial charge in [-0.05, 0) is 31.6 Å². The summed E-state index contributed by atoms with van der Waals surface area (Å²) in [4.78, 5) is 3.88. The molecule has 1 aromatic heterocycles. The standard InChI is InChI=1S/C10H12FNO/c1-7(5-8(2)13)10-4-3-9(11)6-12-10/h3-6,8,13H,1-2H3/b7-5-. The molecule has 0 aliphatic carbocycles. The summed E-state index contributed by atoms with van der Waals surface area (Å²) in [6, 6.07) is 2.94. The first kappa shape index (κ1) is 9.86. The van der Waals surface area contributed by atoms with Gasteiger partial charge in [-0.15, -0.1) is 0 Å². The second-order valence-corrected chi connectivity index (χ2v) is 2.95. The van der Waals surface area contributed by atoms with Crippen LogP contribution in [0.3, 0.4) is 0 Å². The summed E-state index contributed by atoms with van der Waals surface area (Å²) in [7, 11) is 0. The number of rotatable bonds is 2. The van der Waals surface area contributed by atoms with Crippen LogP contribution in [0, 0.1) is 5.82 Å². The maximum absolute atomic E-state index is 12.5. The first-order valence-corrected chi connectivity index (χ1v) is 4.08. The fourth-order valence-corrected chi connectivity index (χ4v) is 1.06. The van der Waals surface area contributed by atoms with Crippen LogP contribution in [0.4, 0.5) is 4.39 Å². The van der Waals surface area contributed by atoms with Crippen LogP contribution in [-0.2, 0) is 0 Å². The Morgan fingerprint density at radius 3 is 2.77 bits per heavy atom. The molecule has 0 fully saturated rings. The Labute approximate surface area is 76.7 Å². The lowest BCUT2D eigenvalue weighted by atomic mass is 10.1. The Hall–Kier alpha value is -1.22. The number of nitrogens with zero attached hydrogens (tertiary/aromatic N) is 1. The minimum Gasteiger partial charge on any atom is -0.389 e. The molecule has 0 saturated heterocycles. The van der Waals surface area contributed by atoms with Gasteiger partial charge in [0.25, 0.3) is 0 Å². The molecule has 1 atom stereocenters.